The minimum atomic E-state index is 0.333. The molecule has 13 heavy (non-hydrogen) atoms. The predicted octanol–water partition coefficient (Wildman–Crippen LogP) is 1.88. The molecule has 1 heterocycles. The van der Waals surface area contributed by atoms with Crippen molar-refractivity contribution in [2.24, 2.45) is 5.41 Å². The molecule has 0 radical (unpaired) electrons. The first-order valence-electron chi connectivity index (χ1n) is 5.47. The van der Waals surface area contributed by atoms with Gasteiger partial charge >= 0.3 is 0 Å². The summed E-state index contributed by atoms with van der Waals surface area (Å²) in [4.78, 5) is 2.49. The Morgan fingerprint density at radius 3 is 2.69 bits per heavy atom. The number of aliphatic hydroxyl groups is 1. The SMILES string of the molecule is CC1(C)CCCN(CCCO)CC1. The molecular formula is C11H23NO. The first kappa shape index (κ1) is 11.0. The number of aliphatic hydroxyl groups excluding tert-OH is 1. The van der Waals surface area contributed by atoms with Crippen LogP contribution in [-0.4, -0.2) is 36.2 Å². The summed E-state index contributed by atoms with van der Waals surface area (Å²) >= 11 is 0. The van der Waals surface area contributed by atoms with Crippen LogP contribution in [-0.2, 0) is 0 Å². The Morgan fingerprint density at radius 2 is 2.00 bits per heavy atom. The van der Waals surface area contributed by atoms with Crippen LogP contribution in [0.2, 0.25) is 0 Å². The van der Waals surface area contributed by atoms with E-state index in [9.17, 15) is 0 Å². The summed E-state index contributed by atoms with van der Waals surface area (Å²) in [6.07, 6.45) is 4.90. The second-order valence-electron chi connectivity index (χ2n) is 4.94. The van der Waals surface area contributed by atoms with Gasteiger partial charge in [-0.15, -0.1) is 0 Å². The van der Waals surface area contributed by atoms with Crippen molar-refractivity contribution in [3.05, 3.63) is 0 Å². The van der Waals surface area contributed by atoms with Gasteiger partial charge in [-0.05, 0) is 44.2 Å². The molecule has 0 saturated carbocycles. The highest BCUT2D eigenvalue weighted by Gasteiger charge is 2.22. The van der Waals surface area contributed by atoms with Gasteiger partial charge in [-0.2, -0.15) is 0 Å². The quantitative estimate of drug-likeness (QED) is 0.725. The molecule has 0 unspecified atom stereocenters. The highest BCUT2D eigenvalue weighted by molar-refractivity contribution is 4.75. The Kier molecular flexibility index (Phi) is 4.20. The molecule has 1 fully saturated rings. The zero-order valence-corrected chi connectivity index (χ0v) is 9.05. The molecule has 0 bridgehead atoms. The van der Waals surface area contributed by atoms with Gasteiger partial charge in [0.15, 0.2) is 0 Å². The van der Waals surface area contributed by atoms with Gasteiger partial charge in [0.1, 0.15) is 0 Å². The molecule has 1 N–H and O–H groups in total. The maximum atomic E-state index is 8.74. The Hall–Kier alpha value is -0.0800. The number of hydrogen-bond donors (Lipinski definition) is 1. The third-order valence-corrected chi connectivity index (χ3v) is 3.07. The number of likely N-dealkylation sites (tertiary alicyclic amines) is 1. The Morgan fingerprint density at radius 1 is 1.23 bits per heavy atom. The lowest BCUT2D eigenvalue weighted by molar-refractivity contribution is 0.222. The lowest BCUT2D eigenvalue weighted by Gasteiger charge is -2.23. The molecule has 1 aliphatic rings. The molecule has 0 spiro atoms. The summed E-state index contributed by atoms with van der Waals surface area (Å²) in [5.41, 5.74) is 0.536. The zero-order valence-electron chi connectivity index (χ0n) is 9.05. The fourth-order valence-electron chi connectivity index (χ4n) is 2.00. The van der Waals surface area contributed by atoms with E-state index in [1.54, 1.807) is 0 Å². The zero-order chi connectivity index (χ0) is 9.73. The Labute approximate surface area is 81.9 Å². The van der Waals surface area contributed by atoms with Gasteiger partial charge in [0.25, 0.3) is 0 Å². The van der Waals surface area contributed by atoms with Crippen LogP contribution in [0.4, 0.5) is 0 Å². The van der Waals surface area contributed by atoms with Crippen LogP contribution in [0.1, 0.15) is 39.5 Å². The molecule has 1 rings (SSSR count). The summed E-state index contributed by atoms with van der Waals surface area (Å²) in [7, 11) is 0. The van der Waals surface area contributed by atoms with E-state index in [0.717, 1.165) is 13.0 Å². The third-order valence-electron chi connectivity index (χ3n) is 3.07. The summed E-state index contributed by atoms with van der Waals surface area (Å²) in [5.74, 6) is 0. The molecular weight excluding hydrogens is 162 g/mol. The van der Waals surface area contributed by atoms with Crippen LogP contribution in [0.15, 0.2) is 0 Å². The molecule has 78 valence electrons. The molecule has 2 nitrogen and oxygen atoms in total. The summed E-state index contributed by atoms with van der Waals surface area (Å²) < 4.78 is 0. The largest absolute Gasteiger partial charge is 0.396 e. The molecule has 0 amide bonds. The standard InChI is InChI=1S/C11H23NO/c1-11(2)5-3-7-12(9-6-11)8-4-10-13/h13H,3-10H2,1-2H3. The molecule has 0 aromatic carbocycles. The molecule has 0 aromatic rings. The fraction of sp³-hybridized carbons (Fsp3) is 1.00. The number of hydrogen-bond acceptors (Lipinski definition) is 2. The highest BCUT2D eigenvalue weighted by atomic mass is 16.3. The van der Waals surface area contributed by atoms with E-state index in [-0.39, 0.29) is 0 Å². The van der Waals surface area contributed by atoms with Gasteiger partial charge in [-0.3, -0.25) is 0 Å². The second kappa shape index (κ2) is 4.97. The number of nitrogens with zero attached hydrogens (tertiary/aromatic N) is 1. The summed E-state index contributed by atoms with van der Waals surface area (Å²) in [6.45, 7) is 8.58. The van der Waals surface area contributed by atoms with Gasteiger partial charge < -0.3 is 10.0 Å². The summed E-state index contributed by atoms with van der Waals surface area (Å²) in [5, 5.41) is 8.74. The average Bonchev–Trinajstić information content (AvgIpc) is 2.23. The van der Waals surface area contributed by atoms with Crippen LogP contribution in [0.3, 0.4) is 0 Å². The van der Waals surface area contributed by atoms with E-state index < -0.39 is 0 Å². The molecule has 2 heteroatoms. The molecule has 1 aliphatic heterocycles. The van der Waals surface area contributed by atoms with Gasteiger partial charge in [-0.25, -0.2) is 0 Å². The van der Waals surface area contributed by atoms with E-state index in [2.05, 4.69) is 18.7 Å². The van der Waals surface area contributed by atoms with Crippen LogP contribution >= 0.6 is 0 Å². The minimum Gasteiger partial charge on any atom is -0.396 e. The van der Waals surface area contributed by atoms with E-state index in [0.29, 0.717) is 12.0 Å². The van der Waals surface area contributed by atoms with Gasteiger partial charge in [0.05, 0.1) is 0 Å². The van der Waals surface area contributed by atoms with Gasteiger partial charge in [-0.1, -0.05) is 13.8 Å². The van der Waals surface area contributed by atoms with Crippen molar-refractivity contribution in [3.8, 4) is 0 Å². The highest BCUT2D eigenvalue weighted by Crippen LogP contribution is 2.29. The monoisotopic (exact) mass is 185 g/mol. The molecule has 1 saturated heterocycles. The number of rotatable bonds is 3. The summed E-state index contributed by atoms with van der Waals surface area (Å²) in [6, 6.07) is 0. The first-order chi connectivity index (χ1) is 6.14. The normalized spacial score (nSPS) is 24.2. The van der Waals surface area contributed by atoms with Crippen LogP contribution in [0.5, 0.6) is 0 Å². The van der Waals surface area contributed by atoms with E-state index in [4.69, 9.17) is 5.11 Å². The van der Waals surface area contributed by atoms with Crippen molar-refractivity contribution in [1.29, 1.82) is 0 Å². The van der Waals surface area contributed by atoms with Crippen molar-refractivity contribution < 1.29 is 5.11 Å². The predicted molar refractivity (Wildman–Crippen MR) is 55.8 cm³/mol. The fourth-order valence-corrected chi connectivity index (χ4v) is 2.00. The average molecular weight is 185 g/mol. The van der Waals surface area contributed by atoms with E-state index in [1.807, 2.05) is 0 Å². The van der Waals surface area contributed by atoms with Crippen molar-refractivity contribution in [2.75, 3.05) is 26.2 Å². The van der Waals surface area contributed by atoms with Crippen LogP contribution in [0, 0.1) is 5.41 Å². The van der Waals surface area contributed by atoms with Crippen molar-refractivity contribution in [3.63, 3.8) is 0 Å². The smallest absolute Gasteiger partial charge is 0.0443 e. The van der Waals surface area contributed by atoms with E-state index >= 15 is 0 Å². The maximum absolute atomic E-state index is 8.74. The van der Waals surface area contributed by atoms with Gasteiger partial charge in [0, 0.05) is 13.2 Å². The van der Waals surface area contributed by atoms with E-state index in [1.165, 1.54) is 32.4 Å². The lowest BCUT2D eigenvalue weighted by atomic mass is 9.85. The third kappa shape index (κ3) is 4.10. The molecule has 0 atom stereocenters. The molecule has 0 aromatic heterocycles. The second-order valence-corrected chi connectivity index (χ2v) is 4.94. The lowest BCUT2D eigenvalue weighted by Crippen LogP contribution is -2.27. The Bertz CT molecular complexity index is 145. The maximum Gasteiger partial charge on any atom is 0.0443 e. The van der Waals surface area contributed by atoms with Crippen LogP contribution in [0.25, 0.3) is 0 Å². The van der Waals surface area contributed by atoms with Crippen molar-refractivity contribution in [1.82, 2.24) is 4.90 Å². The molecule has 0 aliphatic carbocycles. The van der Waals surface area contributed by atoms with Crippen molar-refractivity contribution in [2.45, 2.75) is 39.5 Å². The Balaban J connectivity index is 2.28. The van der Waals surface area contributed by atoms with Gasteiger partial charge in [0.2, 0.25) is 0 Å². The minimum absolute atomic E-state index is 0.333. The topological polar surface area (TPSA) is 23.5 Å². The van der Waals surface area contributed by atoms with Crippen molar-refractivity contribution >= 4 is 0 Å². The van der Waals surface area contributed by atoms with Crippen LogP contribution < -0.4 is 0 Å². The first-order valence-corrected chi connectivity index (χ1v) is 5.47.